The number of hydroxylamine groups is 2. The summed E-state index contributed by atoms with van der Waals surface area (Å²) in [6, 6.07) is 0.349. The monoisotopic (exact) mass is 351 g/mol. The van der Waals surface area contributed by atoms with Crippen LogP contribution in [0, 0.1) is 5.92 Å². The van der Waals surface area contributed by atoms with E-state index in [4.69, 9.17) is 4.84 Å². The highest BCUT2D eigenvalue weighted by Crippen LogP contribution is 2.31. The van der Waals surface area contributed by atoms with Crippen LogP contribution in [0.3, 0.4) is 0 Å². The highest BCUT2D eigenvalue weighted by molar-refractivity contribution is 5.78. The number of hydrogen-bond acceptors (Lipinski definition) is 4. The number of unbranched alkanes of at least 4 members (excludes halogenated alkanes) is 1. The van der Waals surface area contributed by atoms with Crippen molar-refractivity contribution >= 4 is 11.8 Å². The molecule has 3 fully saturated rings. The SMILES string of the molecule is CCCCN1C(=O)CC[C@H]2CN(C(=O)CCN3CCCCO3)CC[C@H]21. The largest absolute Gasteiger partial charge is 0.342 e. The molecule has 0 radical (unpaired) electrons. The van der Waals surface area contributed by atoms with Gasteiger partial charge in [0.15, 0.2) is 0 Å². The predicted octanol–water partition coefficient (Wildman–Crippen LogP) is 2.04. The first-order chi connectivity index (χ1) is 12.2. The molecule has 0 aromatic carbocycles. The lowest BCUT2D eigenvalue weighted by atomic mass is 9.83. The molecule has 0 saturated carbocycles. The quantitative estimate of drug-likeness (QED) is 0.735. The lowest BCUT2D eigenvalue weighted by Crippen LogP contribution is -2.57. The van der Waals surface area contributed by atoms with E-state index in [0.717, 1.165) is 71.3 Å². The summed E-state index contributed by atoms with van der Waals surface area (Å²) < 4.78 is 0. The van der Waals surface area contributed by atoms with Crippen molar-refractivity contribution < 1.29 is 14.4 Å². The first-order valence-corrected chi connectivity index (χ1v) is 10.1. The highest BCUT2D eigenvalue weighted by atomic mass is 16.7. The molecular formula is C19H33N3O3. The summed E-state index contributed by atoms with van der Waals surface area (Å²) in [6.45, 7) is 7.08. The Morgan fingerprint density at radius 2 is 2.08 bits per heavy atom. The summed E-state index contributed by atoms with van der Waals surface area (Å²) >= 11 is 0. The molecular weight excluding hydrogens is 318 g/mol. The molecule has 3 aliphatic heterocycles. The summed E-state index contributed by atoms with van der Waals surface area (Å²) in [4.78, 5) is 34.6. The summed E-state index contributed by atoms with van der Waals surface area (Å²) in [5.74, 6) is 1.01. The van der Waals surface area contributed by atoms with Crippen molar-refractivity contribution in [3.63, 3.8) is 0 Å². The van der Waals surface area contributed by atoms with Crippen molar-refractivity contribution in [2.75, 3.05) is 39.3 Å². The maximum atomic E-state index is 12.6. The van der Waals surface area contributed by atoms with E-state index in [2.05, 4.69) is 11.8 Å². The van der Waals surface area contributed by atoms with Crippen LogP contribution in [0.1, 0.15) is 58.3 Å². The molecule has 6 heteroatoms. The van der Waals surface area contributed by atoms with E-state index >= 15 is 0 Å². The zero-order valence-corrected chi connectivity index (χ0v) is 15.6. The fraction of sp³-hybridized carbons (Fsp3) is 0.895. The molecule has 3 heterocycles. The molecule has 3 saturated heterocycles. The van der Waals surface area contributed by atoms with Gasteiger partial charge in [0, 0.05) is 51.6 Å². The number of amides is 2. The molecule has 2 amide bonds. The van der Waals surface area contributed by atoms with Gasteiger partial charge in [0.25, 0.3) is 0 Å². The van der Waals surface area contributed by atoms with Gasteiger partial charge < -0.3 is 9.80 Å². The minimum Gasteiger partial charge on any atom is -0.342 e. The van der Waals surface area contributed by atoms with E-state index < -0.39 is 0 Å². The number of fused-ring (bicyclic) bond motifs is 1. The van der Waals surface area contributed by atoms with Gasteiger partial charge in [-0.2, -0.15) is 5.06 Å². The van der Waals surface area contributed by atoms with Crippen LogP contribution < -0.4 is 0 Å². The van der Waals surface area contributed by atoms with Crippen LogP contribution in [0.5, 0.6) is 0 Å². The van der Waals surface area contributed by atoms with E-state index in [1.165, 1.54) is 0 Å². The van der Waals surface area contributed by atoms with E-state index in [9.17, 15) is 9.59 Å². The van der Waals surface area contributed by atoms with Gasteiger partial charge in [-0.15, -0.1) is 0 Å². The second-order valence-corrected chi connectivity index (χ2v) is 7.65. The molecule has 0 unspecified atom stereocenters. The molecule has 6 nitrogen and oxygen atoms in total. The third-order valence-electron chi connectivity index (χ3n) is 5.90. The Hall–Kier alpha value is -1.14. The number of carbonyl (C=O) groups excluding carboxylic acids is 2. The van der Waals surface area contributed by atoms with E-state index in [1.807, 2.05) is 9.96 Å². The van der Waals surface area contributed by atoms with Crippen LogP contribution >= 0.6 is 0 Å². The number of carbonyl (C=O) groups is 2. The molecule has 3 aliphatic rings. The fourth-order valence-electron chi connectivity index (χ4n) is 4.40. The molecule has 0 aromatic heterocycles. The Labute approximate surface area is 151 Å². The third-order valence-corrected chi connectivity index (χ3v) is 5.90. The summed E-state index contributed by atoms with van der Waals surface area (Å²) in [5, 5.41) is 1.94. The summed E-state index contributed by atoms with van der Waals surface area (Å²) in [7, 11) is 0. The van der Waals surface area contributed by atoms with Gasteiger partial charge in [-0.05, 0) is 38.0 Å². The highest BCUT2D eigenvalue weighted by Gasteiger charge is 2.39. The van der Waals surface area contributed by atoms with Gasteiger partial charge in [-0.3, -0.25) is 14.4 Å². The van der Waals surface area contributed by atoms with E-state index in [-0.39, 0.29) is 5.91 Å². The Morgan fingerprint density at radius 3 is 2.84 bits per heavy atom. The number of piperidine rings is 2. The number of nitrogens with zero attached hydrogens (tertiary/aromatic N) is 3. The Kier molecular flexibility index (Phi) is 6.70. The Bertz CT molecular complexity index is 465. The van der Waals surface area contributed by atoms with Crippen LogP contribution in [-0.4, -0.2) is 72.0 Å². The van der Waals surface area contributed by atoms with Crippen molar-refractivity contribution in [2.45, 2.75) is 64.3 Å². The average molecular weight is 351 g/mol. The van der Waals surface area contributed by atoms with Crippen LogP contribution in [0.4, 0.5) is 0 Å². The van der Waals surface area contributed by atoms with Crippen LogP contribution in [0.15, 0.2) is 0 Å². The normalized spacial score (nSPS) is 28.1. The fourth-order valence-corrected chi connectivity index (χ4v) is 4.40. The average Bonchev–Trinajstić information content (AvgIpc) is 2.66. The van der Waals surface area contributed by atoms with Gasteiger partial charge in [-0.1, -0.05) is 13.3 Å². The second-order valence-electron chi connectivity index (χ2n) is 7.65. The minimum absolute atomic E-state index is 0.240. The van der Waals surface area contributed by atoms with Crippen molar-refractivity contribution in [1.82, 2.24) is 14.9 Å². The Morgan fingerprint density at radius 1 is 1.20 bits per heavy atom. The lowest BCUT2D eigenvalue weighted by Gasteiger charge is -2.47. The van der Waals surface area contributed by atoms with Crippen molar-refractivity contribution in [3.05, 3.63) is 0 Å². The molecule has 0 N–H and O–H groups in total. The maximum absolute atomic E-state index is 12.6. The van der Waals surface area contributed by atoms with Crippen LogP contribution in [-0.2, 0) is 14.4 Å². The van der Waals surface area contributed by atoms with Crippen molar-refractivity contribution in [2.24, 2.45) is 5.92 Å². The molecule has 0 spiro atoms. The maximum Gasteiger partial charge on any atom is 0.223 e. The van der Waals surface area contributed by atoms with Gasteiger partial charge in [-0.25, -0.2) is 0 Å². The topological polar surface area (TPSA) is 53.1 Å². The van der Waals surface area contributed by atoms with Crippen LogP contribution in [0.2, 0.25) is 0 Å². The molecule has 25 heavy (non-hydrogen) atoms. The number of hydrogen-bond donors (Lipinski definition) is 0. The van der Waals surface area contributed by atoms with E-state index in [1.54, 1.807) is 0 Å². The molecule has 0 aliphatic carbocycles. The predicted molar refractivity (Wildman–Crippen MR) is 95.7 cm³/mol. The molecule has 3 rings (SSSR count). The number of rotatable bonds is 6. The van der Waals surface area contributed by atoms with Gasteiger partial charge in [0.2, 0.25) is 11.8 Å². The molecule has 2 atom stereocenters. The lowest BCUT2D eigenvalue weighted by molar-refractivity contribution is -0.183. The second kappa shape index (κ2) is 8.99. The molecule has 142 valence electrons. The third kappa shape index (κ3) is 4.73. The summed E-state index contributed by atoms with van der Waals surface area (Å²) in [6.07, 6.45) is 7.52. The standard InChI is InChI=1S/C19H33N3O3/c1-2-3-11-22-17-8-12-20(15-16(17)6-7-19(22)24)18(23)9-13-21-10-4-5-14-25-21/h16-17H,2-15H2,1H3/t16-,17+/m0/s1. The summed E-state index contributed by atoms with van der Waals surface area (Å²) in [5.41, 5.74) is 0. The first kappa shape index (κ1) is 18.6. The van der Waals surface area contributed by atoms with Crippen molar-refractivity contribution in [3.8, 4) is 0 Å². The van der Waals surface area contributed by atoms with Gasteiger partial charge in [0.1, 0.15) is 0 Å². The van der Waals surface area contributed by atoms with Crippen LogP contribution in [0.25, 0.3) is 0 Å². The zero-order chi connectivity index (χ0) is 17.6. The molecule has 0 bridgehead atoms. The zero-order valence-electron chi connectivity index (χ0n) is 15.6. The number of likely N-dealkylation sites (tertiary alicyclic amines) is 2. The minimum atomic E-state index is 0.240. The first-order valence-electron chi connectivity index (χ1n) is 10.1. The van der Waals surface area contributed by atoms with Crippen molar-refractivity contribution in [1.29, 1.82) is 0 Å². The molecule has 0 aromatic rings. The smallest absolute Gasteiger partial charge is 0.223 e. The van der Waals surface area contributed by atoms with Gasteiger partial charge in [0.05, 0.1) is 6.61 Å². The Balaban J connectivity index is 1.48. The van der Waals surface area contributed by atoms with E-state index in [0.29, 0.717) is 37.3 Å². The van der Waals surface area contributed by atoms with Gasteiger partial charge >= 0.3 is 0 Å².